The van der Waals surface area contributed by atoms with Gasteiger partial charge in [-0.3, -0.25) is 14.9 Å². The fourth-order valence-electron chi connectivity index (χ4n) is 3.62. The summed E-state index contributed by atoms with van der Waals surface area (Å²) in [5.74, 6) is 0.107. The predicted octanol–water partition coefficient (Wildman–Crippen LogP) is 1.21. The van der Waals surface area contributed by atoms with Crippen molar-refractivity contribution in [3.8, 4) is 0 Å². The Kier molecular flexibility index (Phi) is 7.24. The van der Waals surface area contributed by atoms with Crippen LogP contribution in [0.25, 0.3) is 0 Å². The molecule has 0 bridgehead atoms. The smallest absolute Gasteiger partial charge is 0.293 e. The topological polar surface area (TPSA) is 113 Å². The Morgan fingerprint density at radius 1 is 1.29 bits per heavy atom. The van der Waals surface area contributed by atoms with Gasteiger partial charge in [-0.25, -0.2) is 8.42 Å². The van der Waals surface area contributed by atoms with Gasteiger partial charge < -0.3 is 15.1 Å². The molecule has 0 saturated carbocycles. The number of anilines is 1. The summed E-state index contributed by atoms with van der Waals surface area (Å²) in [6.07, 6.45) is 3.63. The van der Waals surface area contributed by atoms with E-state index in [1.54, 1.807) is 4.90 Å². The van der Waals surface area contributed by atoms with Crippen molar-refractivity contribution < 1.29 is 18.1 Å². The number of piperazine rings is 1. The maximum Gasteiger partial charge on any atom is 0.293 e. The zero-order valence-electron chi connectivity index (χ0n) is 15.7. The van der Waals surface area contributed by atoms with Crippen LogP contribution in [-0.4, -0.2) is 69.2 Å². The largest absolute Gasteiger partial charge is 0.362 e. The quantitative estimate of drug-likeness (QED) is 0.549. The van der Waals surface area contributed by atoms with Gasteiger partial charge in [-0.15, -0.1) is 12.4 Å². The molecule has 1 aromatic rings. The number of sulfone groups is 1. The van der Waals surface area contributed by atoms with E-state index in [1.807, 2.05) is 4.90 Å². The second-order valence-electron chi connectivity index (χ2n) is 7.05. The molecule has 11 heteroatoms. The molecular formula is C17H25ClN4O5S. The normalized spacial score (nSPS) is 20.0. The molecule has 156 valence electrons. The van der Waals surface area contributed by atoms with Crippen molar-refractivity contribution in [3.63, 3.8) is 0 Å². The third-order valence-electron chi connectivity index (χ3n) is 5.13. The summed E-state index contributed by atoms with van der Waals surface area (Å²) in [4.78, 5) is 26.8. The minimum Gasteiger partial charge on any atom is -0.362 e. The second-order valence-corrected chi connectivity index (χ2v) is 9.06. The average molecular weight is 433 g/mol. The summed E-state index contributed by atoms with van der Waals surface area (Å²) < 4.78 is 23.3. The van der Waals surface area contributed by atoms with E-state index < -0.39 is 14.8 Å². The third kappa shape index (κ3) is 5.12. The molecule has 2 aliphatic heterocycles. The Balaban J connectivity index is 0.00000280. The molecule has 1 atom stereocenters. The van der Waals surface area contributed by atoms with Crippen molar-refractivity contribution >= 4 is 39.5 Å². The van der Waals surface area contributed by atoms with Crippen molar-refractivity contribution in [3.05, 3.63) is 28.3 Å². The van der Waals surface area contributed by atoms with Crippen LogP contribution in [0.5, 0.6) is 0 Å². The highest BCUT2D eigenvalue weighted by atomic mass is 35.5. The van der Waals surface area contributed by atoms with E-state index in [4.69, 9.17) is 0 Å². The molecule has 0 aromatic heterocycles. The molecule has 2 heterocycles. The van der Waals surface area contributed by atoms with Gasteiger partial charge in [0.05, 0.1) is 9.82 Å². The molecule has 2 fully saturated rings. The molecule has 2 aliphatic rings. The van der Waals surface area contributed by atoms with Gasteiger partial charge >= 0.3 is 0 Å². The van der Waals surface area contributed by atoms with Crippen LogP contribution >= 0.6 is 12.4 Å². The van der Waals surface area contributed by atoms with Gasteiger partial charge in [-0.2, -0.15) is 0 Å². The first kappa shape index (κ1) is 22.4. The minimum absolute atomic E-state index is 0. The molecule has 9 nitrogen and oxygen atoms in total. The number of carbonyl (C=O) groups excluding carboxylic acids is 1. The Labute approximate surface area is 170 Å². The number of benzene rings is 1. The van der Waals surface area contributed by atoms with Crippen LogP contribution in [-0.2, 0) is 14.6 Å². The van der Waals surface area contributed by atoms with E-state index in [1.165, 1.54) is 12.1 Å². The highest BCUT2D eigenvalue weighted by Crippen LogP contribution is 2.31. The zero-order chi connectivity index (χ0) is 19.6. The summed E-state index contributed by atoms with van der Waals surface area (Å²) in [7, 11) is -3.52. The summed E-state index contributed by atoms with van der Waals surface area (Å²) in [6.45, 7) is 2.90. The number of rotatable bonds is 5. The van der Waals surface area contributed by atoms with Crippen molar-refractivity contribution in [2.24, 2.45) is 0 Å². The first-order valence-corrected chi connectivity index (χ1v) is 10.9. The lowest BCUT2D eigenvalue weighted by Crippen LogP contribution is -2.49. The number of carbonyl (C=O) groups is 1. The standard InChI is InChI=1S/C17H24N4O5S.ClH/c1-27(25,26)14-4-5-15(16(12-14)21(23)24)19-7-9-20(10-8-19)17(22)11-13-3-2-6-18-13;/h4-5,12-13,18H,2-3,6-11H2,1H3;1H. The van der Waals surface area contributed by atoms with E-state index >= 15 is 0 Å². The van der Waals surface area contributed by atoms with E-state index in [0.29, 0.717) is 38.3 Å². The van der Waals surface area contributed by atoms with Crippen molar-refractivity contribution in [2.45, 2.75) is 30.2 Å². The molecule has 3 rings (SSSR count). The number of halogens is 1. The maximum absolute atomic E-state index is 12.4. The molecule has 2 saturated heterocycles. The number of nitro groups is 1. The van der Waals surface area contributed by atoms with E-state index in [-0.39, 0.29) is 34.9 Å². The first-order chi connectivity index (χ1) is 12.8. The fraction of sp³-hybridized carbons (Fsp3) is 0.588. The Morgan fingerprint density at radius 3 is 2.50 bits per heavy atom. The maximum atomic E-state index is 12.4. The Bertz CT molecular complexity index is 834. The Morgan fingerprint density at radius 2 is 1.96 bits per heavy atom. The lowest BCUT2D eigenvalue weighted by atomic mass is 10.1. The van der Waals surface area contributed by atoms with Crippen LogP contribution in [0.1, 0.15) is 19.3 Å². The van der Waals surface area contributed by atoms with Gasteiger partial charge in [-0.05, 0) is 31.5 Å². The SMILES string of the molecule is CS(=O)(=O)c1ccc(N2CCN(C(=O)CC3CCCN3)CC2)c([N+](=O)[O-])c1.Cl. The first-order valence-electron chi connectivity index (χ1n) is 9.00. The molecule has 28 heavy (non-hydrogen) atoms. The molecule has 1 amide bonds. The summed E-state index contributed by atoms with van der Waals surface area (Å²) in [5, 5.41) is 14.7. The van der Waals surface area contributed by atoms with E-state index in [0.717, 1.165) is 31.7 Å². The van der Waals surface area contributed by atoms with Crippen LogP contribution in [0, 0.1) is 10.1 Å². The number of nitrogens with one attached hydrogen (secondary N) is 1. The van der Waals surface area contributed by atoms with Crippen molar-refractivity contribution in [1.82, 2.24) is 10.2 Å². The number of hydrogen-bond donors (Lipinski definition) is 1. The number of nitrogens with zero attached hydrogens (tertiary/aromatic N) is 3. The van der Waals surface area contributed by atoms with Crippen LogP contribution in [0.4, 0.5) is 11.4 Å². The Hall–Kier alpha value is -1.91. The molecule has 1 aromatic carbocycles. The van der Waals surface area contributed by atoms with Gasteiger partial charge in [-0.1, -0.05) is 0 Å². The number of amides is 1. The monoisotopic (exact) mass is 432 g/mol. The molecular weight excluding hydrogens is 408 g/mol. The summed E-state index contributed by atoms with van der Waals surface area (Å²) in [5.41, 5.74) is 0.157. The van der Waals surface area contributed by atoms with Gasteiger partial charge in [0, 0.05) is 51.0 Å². The van der Waals surface area contributed by atoms with Crippen molar-refractivity contribution in [2.75, 3.05) is 43.9 Å². The van der Waals surface area contributed by atoms with Gasteiger partial charge in [0.1, 0.15) is 5.69 Å². The second kappa shape index (κ2) is 9.06. The lowest BCUT2D eigenvalue weighted by molar-refractivity contribution is -0.384. The highest BCUT2D eigenvalue weighted by molar-refractivity contribution is 7.90. The molecule has 1 N–H and O–H groups in total. The highest BCUT2D eigenvalue weighted by Gasteiger charge is 2.28. The summed E-state index contributed by atoms with van der Waals surface area (Å²) >= 11 is 0. The average Bonchev–Trinajstić information content (AvgIpc) is 3.13. The molecule has 1 unspecified atom stereocenters. The van der Waals surface area contributed by atoms with Crippen LogP contribution < -0.4 is 10.2 Å². The zero-order valence-corrected chi connectivity index (χ0v) is 17.3. The van der Waals surface area contributed by atoms with Gasteiger partial charge in [0.2, 0.25) is 5.91 Å². The number of nitro benzene ring substituents is 1. The van der Waals surface area contributed by atoms with Gasteiger partial charge in [0.15, 0.2) is 9.84 Å². The van der Waals surface area contributed by atoms with E-state index in [9.17, 15) is 23.3 Å². The van der Waals surface area contributed by atoms with Crippen LogP contribution in [0.15, 0.2) is 23.1 Å². The molecule has 0 aliphatic carbocycles. The van der Waals surface area contributed by atoms with Crippen LogP contribution in [0.3, 0.4) is 0 Å². The predicted molar refractivity (Wildman–Crippen MR) is 108 cm³/mol. The van der Waals surface area contributed by atoms with Gasteiger partial charge in [0.25, 0.3) is 5.69 Å². The minimum atomic E-state index is -3.52. The molecule has 0 radical (unpaired) electrons. The fourth-order valence-corrected chi connectivity index (χ4v) is 4.26. The molecule has 0 spiro atoms. The number of hydrogen-bond acceptors (Lipinski definition) is 7. The lowest BCUT2D eigenvalue weighted by Gasteiger charge is -2.36. The third-order valence-corrected chi connectivity index (χ3v) is 6.24. The van der Waals surface area contributed by atoms with Crippen molar-refractivity contribution in [1.29, 1.82) is 0 Å². The van der Waals surface area contributed by atoms with E-state index in [2.05, 4.69) is 5.32 Å². The van der Waals surface area contributed by atoms with Crippen LogP contribution in [0.2, 0.25) is 0 Å². The summed E-state index contributed by atoms with van der Waals surface area (Å²) in [6, 6.07) is 4.23.